The number of thiazole rings is 1. The molecule has 0 saturated carbocycles. The van der Waals surface area contributed by atoms with E-state index in [1.165, 1.54) is 27.7 Å². The molecule has 0 fully saturated rings. The van der Waals surface area contributed by atoms with Crippen LogP contribution in [0, 0.1) is 6.92 Å². The number of benzene rings is 1. The van der Waals surface area contributed by atoms with Gasteiger partial charge in [-0.2, -0.15) is 0 Å². The monoisotopic (exact) mass is 626 g/mol. The summed E-state index contributed by atoms with van der Waals surface area (Å²) < 4.78 is 19.3. The molecule has 1 aliphatic rings. The van der Waals surface area contributed by atoms with Crippen LogP contribution in [-0.2, 0) is 9.53 Å². The first-order valence-electron chi connectivity index (χ1n) is 11.9. The largest absolute Gasteiger partial charge is 0.496 e. The van der Waals surface area contributed by atoms with Gasteiger partial charge in [-0.1, -0.05) is 17.4 Å². The van der Waals surface area contributed by atoms with E-state index in [9.17, 15) is 9.59 Å². The molecule has 0 saturated heterocycles. The van der Waals surface area contributed by atoms with E-state index >= 15 is 0 Å². The van der Waals surface area contributed by atoms with Crippen LogP contribution in [0.3, 0.4) is 0 Å². The molecule has 4 heterocycles. The third-order valence-corrected chi connectivity index (χ3v) is 8.25. The summed E-state index contributed by atoms with van der Waals surface area (Å²) in [6, 6.07) is 10.1. The fraction of sp³-hybridized carbons (Fsp3) is 0.222. The third kappa shape index (κ3) is 5.49. The minimum Gasteiger partial charge on any atom is -0.496 e. The quantitative estimate of drug-likeness (QED) is 0.219. The molecule has 1 aromatic carbocycles. The molecule has 9 nitrogen and oxygen atoms in total. The van der Waals surface area contributed by atoms with Crippen molar-refractivity contribution in [3.63, 3.8) is 0 Å². The zero-order chi connectivity index (χ0) is 27.7. The summed E-state index contributed by atoms with van der Waals surface area (Å²) in [4.78, 5) is 40.6. The molecule has 200 valence electrons. The fourth-order valence-corrected chi connectivity index (χ4v) is 6.46. The number of aryl methyl sites for hydroxylation is 1. The van der Waals surface area contributed by atoms with Crippen molar-refractivity contribution in [2.45, 2.75) is 37.1 Å². The Morgan fingerprint density at radius 1 is 1.26 bits per heavy atom. The second-order valence-electron chi connectivity index (χ2n) is 8.44. The van der Waals surface area contributed by atoms with E-state index in [4.69, 9.17) is 13.9 Å². The molecule has 0 aliphatic carbocycles. The number of ether oxygens (including phenoxy) is 2. The number of hydrogen-bond acceptors (Lipinski definition) is 10. The Morgan fingerprint density at radius 2 is 2.08 bits per heavy atom. The molecule has 0 N–H and O–H groups in total. The van der Waals surface area contributed by atoms with Gasteiger partial charge in [0.25, 0.3) is 5.56 Å². The molecule has 0 bridgehead atoms. The number of aromatic nitrogens is 3. The first kappa shape index (κ1) is 27.1. The van der Waals surface area contributed by atoms with Gasteiger partial charge in [0.1, 0.15) is 11.5 Å². The molecular formula is C27H23BrN4O5S2. The molecule has 0 radical (unpaired) electrons. The number of rotatable bonds is 7. The molecule has 0 unspecified atom stereocenters. The average Bonchev–Trinajstić information content (AvgIpc) is 3.46. The lowest BCUT2D eigenvalue weighted by molar-refractivity contribution is -0.139. The average molecular weight is 628 g/mol. The number of nitrogens with zero attached hydrogens (tertiary/aromatic N) is 4. The van der Waals surface area contributed by atoms with E-state index < -0.39 is 12.0 Å². The third-order valence-electron chi connectivity index (χ3n) is 5.85. The summed E-state index contributed by atoms with van der Waals surface area (Å²) in [6.07, 6.45) is 3.37. The van der Waals surface area contributed by atoms with Crippen molar-refractivity contribution in [3.8, 4) is 5.75 Å². The van der Waals surface area contributed by atoms with Gasteiger partial charge < -0.3 is 13.9 Å². The molecule has 3 aromatic heterocycles. The van der Waals surface area contributed by atoms with Crippen molar-refractivity contribution in [2.75, 3.05) is 13.7 Å². The van der Waals surface area contributed by atoms with Gasteiger partial charge in [-0.05, 0) is 84.4 Å². The smallest absolute Gasteiger partial charge is 0.338 e. The van der Waals surface area contributed by atoms with Gasteiger partial charge in [0.15, 0.2) is 15.1 Å². The number of furan rings is 1. The van der Waals surface area contributed by atoms with Crippen molar-refractivity contribution < 1.29 is 18.7 Å². The zero-order valence-electron chi connectivity index (χ0n) is 21.4. The summed E-state index contributed by atoms with van der Waals surface area (Å²) in [5.74, 6) is 0.614. The van der Waals surface area contributed by atoms with Crippen LogP contribution in [0.15, 0.2) is 82.8 Å². The Hall–Kier alpha value is -3.48. The van der Waals surface area contributed by atoms with Gasteiger partial charge in [-0.15, -0.1) is 0 Å². The normalized spacial score (nSPS) is 15.2. The highest BCUT2D eigenvalue weighted by Gasteiger charge is 2.33. The molecule has 39 heavy (non-hydrogen) atoms. The lowest BCUT2D eigenvalue weighted by Crippen LogP contribution is -2.39. The van der Waals surface area contributed by atoms with Crippen LogP contribution in [0.5, 0.6) is 5.75 Å². The second kappa shape index (κ2) is 11.3. The second-order valence-corrected chi connectivity index (χ2v) is 11.3. The molecule has 4 aromatic rings. The number of allylic oxidation sites excluding steroid dienone is 1. The number of halogens is 1. The maximum absolute atomic E-state index is 13.8. The summed E-state index contributed by atoms with van der Waals surface area (Å²) in [6.45, 7) is 5.58. The maximum atomic E-state index is 13.8. The molecule has 0 amide bonds. The lowest BCUT2D eigenvalue weighted by Gasteiger charge is -2.25. The van der Waals surface area contributed by atoms with Crippen LogP contribution in [-0.4, -0.2) is 34.2 Å². The van der Waals surface area contributed by atoms with Gasteiger partial charge in [0.05, 0.1) is 40.0 Å². The van der Waals surface area contributed by atoms with E-state index in [0.29, 0.717) is 52.4 Å². The lowest BCUT2D eigenvalue weighted by atomic mass is 9.96. The minimum atomic E-state index is -0.731. The summed E-state index contributed by atoms with van der Waals surface area (Å²) in [7, 11) is 1.57. The number of hydrogen-bond donors (Lipinski definition) is 0. The van der Waals surface area contributed by atoms with E-state index in [0.717, 1.165) is 5.69 Å². The zero-order valence-corrected chi connectivity index (χ0v) is 24.6. The fourth-order valence-electron chi connectivity index (χ4n) is 4.12. The number of methoxy groups -OCH3 is 1. The molecule has 0 spiro atoms. The van der Waals surface area contributed by atoms with Gasteiger partial charge in [0.2, 0.25) is 0 Å². The highest BCUT2D eigenvalue weighted by Crippen LogP contribution is 2.35. The first-order chi connectivity index (χ1) is 18.8. The van der Waals surface area contributed by atoms with Crippen LogP contribution in [0.25, 0.3) is 6.08 Å². The van der Waals surface area contributed by atoms with Crippen LogP contribution in [0.1, 0.15) is 36.9 Å². The molecular weight excluding hydrogens is 604 g/mol. The van der Waals surface area contributed by atoms with E-state index in [2.05, 4.69) is 30.9 Å². The first-order valence-corrected chi connectivity index (χ1v) is 14.3. The summed E-state index contributed by atoms with van der Waals surface area (Å²) in [5.41, 5.74) is 2.08. The minimum absolute atomic E-state index is 0.200. The number of fused-ring (bicyclic) bond motifs is 1. The van der Waals surface area contributed by atoms with E-state index in [1.807, 2.05) is 25.1 Å². The van der Waals surface area contributed by atoms with Crippen LogP contribution in [0.2, 0.25) is 0 Å². The Morgan fingerprint density at radius 3 is 2.79 bits per heavy atom. The predicted molar refractivity (Wildman–Crippen MR) is 151 cm³/mol. The van der Waals surface area contributed by atoms with Crippen LogP contribution in [0.4, 0.5) is 0 Å². The molecule has 12 heteroatoms. The van der Waals surface area contributed by atoms with Gasteiger partial charge in [-0.25, -0.2) is 19.8 Å². The highest BCUT2D eigenvalue weighted by atomic mass is 79.9. The Labute approximate surface area is 240 Å². The molecule has 1 aliphatic heterocycles. The van der Waals surface area contributed by atoms with Crippen molar-refractivity contribution in [1.29, 1.82) is 0 Å². The Balaban J connectivity index is 1.59. The SMILES string of the molecule is CCOC(=O)C1=C(C)N=c2s/c(=C/c3ccc(Sc4nccc(C)n4)o3)c(=O)n2[C@H]1c1ccc(OC)c(Br)c1. The van der Waals surface area contributed by atoms with Crippen LogP contribution >= 0.6 is 39.0 Å². The van der Waals surface area contributed by atoms with Gasteiger partial charge >= 0.3 is 5.97 Å². The van der Waals surface area contributed by atoms with Crippen molar-refractivity contribution in [2.24, 2.45) is 4.99 Å². The molecule has 5 rings (SSSR count). The van der Waals surface area contributed by atoms with Crippen molar-refractivity contribution in [1.82, 2.24) is 14.5 Å². The van der Waals surface area contributed by atoms with Crippen molar-refractivity contribution >= 4 is 51.1 Å². The number of esters is 1. The summed E-state index contributed by atoms with van der Waals surface area (Å²) in [5, 5.41) is 1.17. The van der Waals surface area contributed by atoms with Crippen LogP contribution < -0.4 is 19.6 Å². The van der Waals surface area contributed by atoms with Gasteiger partial charge in [-0.3, -0.25) is 9.36 Å². The highest BCUT2D eigenvalue weighted by molar-refractivity contribution is 9.10. The topological polar surface area (TPSA) is 109 Å². The summed E-state index contributed by atoms with van der Waals surface area (Å²) >= 11 is 6.04. The number of carbonyl (C=O) groups excluding carboxylic acids is 1. The van der Waals surface area contributed by atoms with E-state index in [1.54, 1.807) is 51.4 Å². The molecule has 1 atom stereocenters. The maximum Gasteiger partial charge on any atom is 0.338 e. The van der Waals surface area contributed by atoms with Gasteiger partial charge in [0, 0.05) is 18.0 Å². The standard InChI is InChI=1S/C27H23BrN4O5S2/c1-5-36-25(34)22-15(3)31-27-32(23(22)16-6-8-19(35-4)18(28)12-16)24(33)20(38-27)13-17-7-9-21(37-17)39-26-29-11-10-14(2)30-26/h6-13,23H,5H2,1-4H3/b20-13+/t23-/m0/s1. The predicted octanol–water partition coefficient (Wildman–Crippen LogP) is 4.41. The number of carbonyl (C=O) groups is 1. The van der Waals surface area contributed by atoms with Crippen molar-refractivity contribution in [3.05, 3.63) is 95.0 Å². The Kier molecular flexibility index (Phi) is 7.87. The Bertz CT molecular complexity index is 1790. The van der Waals surface area contributed by atoms with E-state index in [-0.39, 0.29) is 12.2 Å².